The number of methoxy groups -OCH3 is 1. The van der Waals surface area contributed by atoms with Crippen LogP contribution >= 0.6 is 11.8 Å². The Morgan fingerprint density at radius 1 is 1.35 bits per heavy atom. The predicted molar refractivity (Wildman–Crippen MR) is 65.6 cm³/mol. The van der Waals surface area contributed by atoms with Gasteiger partial charge in [0.2, 0.25) is 10.0 Å². The molecule has 0 saturated carbocycles. The lowest BCUT2D eigenvalue weighted by Crippen LogP contribution is -2.22. The molecule has 0 aliphatic heterocycles. The molecule has 1 aromatic rings. The zero-order chi connectivity index (χ0) is 13.1. The van der Waals surface area contributed by atoms with Crippen LogP contribution in [0.4, 0.5) is 5.69 Å². The van der Waals surface area contributed by atoms with E-state index < -0.39 is 16.0 Å². The van der Waals surface area contributed by atoms with Gasteiger partial charge in [0.15, 0.2) is 0 Å². The average Bonchev–Trinajstić information content (AvgIpc) is 2.37. The number of anilines is 1. The smallest absolute Gasteiger partial charge is 0.337 e. The number of hydrogen-bond donors (Lipinski definition) is 0. The molecule has 0 saturated heterocycles. The number of rotatable bonds is 4. The molecule has 0 aromatic heterocycles. The van der Waals surface area contributed by atoms with Crippen molar-refractivity contribution < 1.29 is 17.9 Å². The first kappa shape index (κ1) is 13.8. The van der Waals surface area contributed by atoms with Crippen molar-refractivity contribution in [3.05, 3.63) is 29.8 Å². The Balaban J connectivity index is 3.00. The van der Waals surface area contributed by atoms with Gasteiger partial charge in [0.1, 0.15) is 0 Å². The van der Waals surface area contributed by atoms with Gasteiger partial charge < -0.3 is 4.74 Å². The van der Waals surface area contributed by atoms with Gasteiger partial charge in [-0.2, -0.15) is 3.82 Å². The van der Waals surface area contributed by atoms with Crippen LogP contribution in [0.3, 0.4) is 0 Å². The van der Waals surface area contributed by atoms with Gasteiger partial charge in [-0.1, -0.05) is 0 Å². The summed E-state index contributed by atoms with van der Waals surface area (Å²) in [5, 5.41) is 0. The summed E-state index contributed by atoms with van der Waals surface area (Å²) in [7, 11) is -2.24. The lowest BCUT2D eigenvalue weighted by molar-refractivity contribution is 0.0601. The number of ether oxygens (including phenoxy) is 1. The van der Waals surface area contributed by atoms with E-state index in [-0.39, 0.29) is 11.4 Å². The van der Waals surface area contributed by atoms with Gasteiger partial charge in [0.25, 0.3) is 0 Å². The number of hydrogen-bond acceptors (Lipinski definition) is 4. The Hall–Kier alpha value is -1.27. The molecule has 5 nitrogen and oxygen atoms in total. The third-order valence-corrected chi connectivity index (χ3v) is 4.36. The maximum Gasteiger partial charge on any atom is 0.337 e. The third kappa shape index (κ3) is 3.10. The fraction of sp³-hybridized carbons (Fsp3) is 0.300. The highest BCUT2D eigenvalue weighted by atomic mass is 35.5. The Bertz CT molecular complexity index is 498. The monoisotopic (exact) mass is 277 g/mol. The van der Waals surface area contributed by atoms with E-state index in [1.54, 1.807) is 0 Å². The van der Waals surface area contributed by atoms with E-state index in [1.165, 1.54) is 38.3 Å². The highest BCUT2D eigenvalue weighted by Crippen LogP contribution is 2.21. The van der Waals surface area contributed by atoms with E-state index in [2.05, 4.69) is 4.74 Å². The number of sulfonamides is 1. The molecule has 0 bridgehead atoms. The van der Waals surface area contributed by atoms with Gasteiger partial charge in [-0.15, -0.1) is 0 Å². The second kappa shape index (κ2) is 5.37. The Labute approximate surface area is 105 Å². The van der Waals surface area contributed by atoms with E-state index in [4.69, 9.17) is 11.8 Å². The third-order valence-electron chi connectivity index (χ3n) is 2.10. The molecule has 0 atom stereocenters. The molecule has 7 heteroatoms. The second-order valence-electron chi connectivity index (χ2n) is 3.15. The van der Waals surface area contributed by atoms with Crippen molar-refractivity contribution in [2.45, 2.75) is 6.92 Å². The summed E-state index contributed by atoms with van der Waals surface area (Å²) < 4.78 is 28.1. The highest BCUT2D eigenvalue weighted by Gasteiger charge is 2.18. The zero-order valence-corrected chi connectivity index (χ0v) is 11.0. The highest BCUT2D eigenvalue weighted by molar-refractivity contribution is 7.94. The van der Waals surface area contributed by atoms with E-state index in [9.17, 15) is 13.2 Å². The largest absolute Gasteiger partial charge is 0.465 e. The van der Waals surface area contributed by atoms with Crippen LogP contribution in [-0.2, 0) is 14.8 Å². The maximum atomic E-state index is 11.5. The summed E-state index contributed by atoms with van der Waals surface area (Å²) in [6, 6.07) is 5.77. The molecule has 0 radical (unpaired) electrons. The number of carbonyl (C=O) groups excluding carboxylic acids is 1. The molecule has 0 spiro atoms. The fourth-order valence-electron chi connectivity index (χ4n) is 1.11. The van der Waals surface area contributed by atoms with Crippen LogP contribution in [0.25, 0.3) is 0 Å². The Morgan fingerprint density at radius 2 is 1.88 bits per heavy atom. The number of esters is 1. The van der Waals surface area contributed by atoms with Gasteiger partial charge in [-0.05, 0) is 31.2 Å². The maximum absolute atomic E-state index is 11.5. The molecule has 94 valence electrons. The molecule has 0 heterocycles. The molecule has 0 aliphatic carbocycles. The van der Waals surface area contributed by atoms with Gasteiger partial charge >= 0.3 is 5.97 Å². The van der Waals surface area contributed by atoms with Crippen molar-refractivity contribution in [2.75, 3.05) is 16.7 Å². The lowest BCUT2D eigenvalue weighted by atomic mass is 10.2. The second-order valence-corrected chi connectivity index (χ2v) is 5.80. The number of benzene rings is 1. The first-order chi connectivity index (χ1) is 7.92. The molecule has 0 fully saturated rings. The van der Waals surface area contributed by atoms with Crippen LogP contribution in [0.5, 0.6) is 0 Å². The van der Waals surface area contributed by atoms with Crippen LogP contribution in [0, 0.1) is 0 Å². The Kier molecular flexibility index (Phi) is 4.36. The van der Waals surface area contributed by atoms with Crippen molar-refractivity contribution in [1.82, 2.24) is 0 Å². The topological polar surface area (TPSA) is 63.7 Å². The van der Waals surface area contributed by atoms with E-state index in [0.29, 0.717) is 9.39 Å². The minimum Gasteiger partial charge on any atom is -0.465 e. The summed E-state index contributed by atoms with van der Waals surface area (Å²) in [6.45, 7) is 1.49. The molecular formula is C10H12ClNO4S. The number of nitrogens with zero attached hydrogens (tertiary/aromatic N) is 1. The number of halogens is 1. The SMILES string of the molecule is CCS(=O)(=O)N(Cl)c1ccc(C(=O)OC)cc1. The van der Waals surface area contributed by atoms with Gasteiger partial charge in [0, 0.05) is 11.8 Å². The van der Waals surface area contributed by atoms with Gasteiger partial charge in [-0.25, -0.2) is 13.2 Å². The summed E-state index contributed by atoms with van der Waals surface area (Å²) in [5.41, 5.74) is 0.608. The van der Waals surface area contributed by atoms with Crippen molar-refractivity contribution in [3.8, 4) is 0 Å². The van der Waals surface area contributed by atoms with Gasteiger partial charge in [0.05, 0.1) is 24.1 Å². The van der Waals surface area contributed by atoms with Crippen LogP contribution in [0.15, 0.2) is 24.3 Å². The standard InChI is InChI=1S/C10H12ClNO4S/c1-3-17(14,15)12(11)9-6-4-8(5-7-9)10(13)16-2/h4-7H,3H2,1-2H3. The van der Waals surface area contributed by atoms with E-state index in [1.807, 2.05) is 0 Å². The summed E-state index contributed by atoms with van der Waals surface area (Å²) in [4.78, 5) is 11.2. The number of carbonyl (C=O) groups is 1. The van der Waals surface area contributed by atoms with Crippen LogP contribution in [0.1, 0.15) is 17.3 Å². The normalized spacial score (nSPS) is 11.0. The molecule has 0 aliphatic rings. The van der Waals surface area contributed by atoms with Gasteiger partial charge in [-0.3, -0.25) is 0 Å². The van der Waals surface area contributed by atoms with Crippen LogP contribution < -0.4 is 3.82 Å². The van der Waals surface area contributed by atoms with E-state index in [0.717, 1.165) is 0 Å². The quantitative estimate of drug-likeness (QED) is 0.622. The molecule has 0 unspecified atom stereocenters. The van der Waals surface area contributed by atoms with Crippen molar-refractivity contribution in [1.29, 1.82) is 0 Å². The molecule has 17 heavy (non-hydrogen) atoms. The van der Waals surface area contributed by atoms with Crippen molar-refractivity contribution >= 4 is 33.5 Å². The predicted octanol–water partition coefficient (Wildman–Crippen LogP) is 1.78. The summed E-state index contributed by atoms with van der Waals surface area (Å²) in [6.07, 6.45) is 0. The fourth-order valence-corrected chi connectivity index (χ4v) is 2.18. The van der Waals surface area contributed by atoms with Crippen LogP contribution in [-0.4, -0.2) is 27.2 Å². The molecule has 0 N–H and O–H groups in total. The molecule has 1 rings (SSSR count). The minimum absolute atomic E-state index is 0.102. The summed E-state index contributed by atoms with van der Waals surface area (Å²) >= 11 is 5.69. The summed E-state index contributed by atoms with van der Waals surface area (Å²) in [5.74, 6) is -0.592. The molecular weight excluding hydrogens is 266 g/mol. The van der Waals surface area contributed by atoms with Crippen LogP contribution in [0.2, 0.25) is 0 Å². The minimum atomic E-state index is -3.51. The Morgan fingerprint density at radius 3 is 2.29 bits per heavy atom. The van der Waals surface area contributed by atoms with E-state index >= 15 is 0 Å². The van der Waals surface area contributed by atoms with Crippen molar-refractivity contribution in [2.24, 2.45) is 0 Å². The first-order valence-electron chi connectivity index (χ1n) is 4.79. The van der Waals surface area contributed by atoms with Crippen molar-refractivity contribution in [3.63, 3.8) is 0 Å². The zero-order valence-electron chi connectivity index (χ0n) is 9.38. The average molecular weight is 278 g/mol. The molecule has 0 amide bonds. The lowest BCUT2D eigenvalue weighted by Gasteiger charge is -2.14. The molecule has 1 aromatic carbocycles. The first-order valence-corrected chi connectivity index (χ1v) is 6.74.